The van der Waals surface area contributed by atoms with Crippen LogP contribution in [0.4, 0.5) is 11.5 Å². The lowest BCUT2D eigenvalue weighted by Gasteiger charge is -2.20. The summed E-state index contributed by atoms with van der Waals surface area (Å²) < 4.78 is 11.1. The van der Waals surface area contributed by atoms with Gasteiger partial charge in [-0.1, -0.05) is 12.1 Å². The minimum absolute atomic E-state index is 0.0796. The highest BCUT2D eigenvalue weighted by atomic mass is 16.5. The number of ether oxygens (including phenoxy) is 2. The first kappa shape index (κ1) is 22.1. The van der Waals surface area contributed by atoms with Crippen LogP contribution in [0.15, 0.2) is 54.9 Å². The zero-order valence-corrected chi connectivity index (χ0v) is 19.0. The molecule has 9 nitrogen and oxygen atoms in total. The molecule has 0 fully saturated rings. The Morgan fingerprint density at radius 3 is 2.67 bits per heavy atom. The van der Waals surface area contributed by atoms with E-state index in [0.29, 0.717) is 23.1 Å². The summed E-state index contributed by atoms with van der Waals surface area (Å²) in [6.07, 6.45) is 3.42. The van der Waals surface area contributed by atoms with Crippen molar-refractivity contribution in [1.82, 2.24) is 25.5 Å². The maximum atomic E-state index is 12.1. The lowest BCUT2D eigenvalue weighted by molar-refractivity contribution is -0.124. The monoisotopic (exact) mass is 446 g/mol. The molecule has 4 rings (SSSR count). The van der Waals surface area contributed by atoms with E-state index in [1.165, 1.54) is 0 Å². The molecule has 0 atom stereocenters. The van der Waals surface area contributed by atoms with Crippen LogP contribution in [0.25, 0.3) is 22.3 Å². The summed E-state index contributed by atoms with van der Waals surface area (Å²) >= 11 is 0. The van der Waals surface area contributed by atoms with Gasteiger partial charge in [-0.2, -0.15) is 5.10 Å². The molecule has 0 aliphatic heterocycles. The van der Waals surface area contributed by atoms with Crippen molar-refractivity contribution in [2.75, 3.05) is 19.0 Å². The molecule has 2 aromatic carbocycles. The van der Waals surface area contributed by atoms with Crippen LogP contribution in [0.3, 0.4) is 0 Å². The van der Waals surface area contributed by atoms with Gasteiger partial charge in [-0.25, -0.2) is 9.97 Å². The van der Waals surface area contributed by atoms with Gasteiger partial charge in [0.15, 0.2) is 12.4 Å². The molecule has 0 saturated carbocycles. The van der Waals surface area contributed by atoms with Gasteiger partial charge in [0.2, 0.25) is 0 Å². The maximum Gasteiger partial charge on any atom is 0.258 e. The molecule has 0 aliphatic carbocycles. The third-order valence-corrected chi connectivity index (χ3v) is 4.64. The number of anilines is 2. The molecule has 170 valence electrons. The van der Waals surface area contributed by atoms with Crippen molar-refractivity contribution in [3.8, 4) is 22.9 Å². The Morgan fingerprint density at radius 1 is 1.09 bits per heavy atom. The molecule has 0 spiro atoms. The number of amides is 1. The van der Waals surface area contributed by atoms with Crippen LogP contribution < -0.4 is 20.1 Å². The van der Waals surface area contributed by atoms with Crippen molar-refractivity contribution in [1.29, 1.82) is 0 Å². The van der Waals surface area contributed by atoms with Gasteiger partial charge in [-0.05, 0) is 45.0 Å². The van der Waals surface area contributed by atoms with Crippen LogP contribution in [-0.4, -0.2) is 45.3 Å². The van der Waals surface area contributed by atoms with Gasteiger partial charge < -0.3 is 20.1 Å². The van der Waals surface area contributed by atoms with Gasteiger partial charge >= 0.3 is 0 Å². The Bertz CT molecular complexity index is 1270. The smallest absolute Gasteiger partial charge is 0.258 e. The predicted octanol–water partition coefficient (Wildman–Crippen LogP) is 4.07. The molecule has 2 aromatic heterocycles. The minimum atomic E-state index is -0.319. The van der Waals surface area contributed by atoms with Crippen molar-refractivity contribution >= 4 is 28.3 Å². The lowest BCUT2D eigenvalue weighted by Crippen LogP contribution is -2.43. The lowest BCUT2D eigenvalue weighted by atomic mass is 10.1. The number of aromatic amines is 1. The second-order valence-corrected chi connectivity index (χ2v) is 8.51. The summed E-state index contributed by atoms with van der Waals surface area (Å²) in [4.78, 5) is 21.6. The van der Waals surface area contributed by atoms with Gasteiger partial charge in [-0.15, -0.1) is 0 Å². The Kier molecular flexibility index (Phi) is 6.12. The fourth-order valence-electron chi connectivity index (χ4n) is 3.24. The van der Waals surface area contributed by atoms with E-state index < -0.39 is 0 Å². The average Bonchev–Trinajstić information content (AvgIpc) is 3.29. The van der Waals surface area contributed by atoms with E-state index in [1.54, 1.807) is 25.6 Å². The molecule has 1 amide bonds. The number of fused-ring (bicyclic) bond motifs is 1. The molecule has 4 aromatic rings. The number of nitrogens with zero attached hydrogens (tertiary/aromatic N) is 3. The van der Waals surface area contributed by atoms with Crippen LogP contribution in [-0.2, 0) is 4.79 Å². The van der Waals surface area contributed by atoms with Crippen LogP contribution in [0.5, 0.6) is 11.5 Å². The van der Waals surface area contributed by atoms with E-state index >= 15 is 0 Å². The Labute approximate surface area is 191 Å². The summed E-state index contributed by atoms with van der Waals surface area (Å²) in [7, 11) is 1.62. The molecule has 0 saturated heterocycles. The van der Waals surface area contributed by atoms with Crippen molar-refractivity contribution < 1.29 is 14.3 Å². The van der Waals surface area contributed by atoms with E-state index in [0.717, 1.165) is 22.2 Å². The number of nitrogens with one attached hydrogen (secondary N) is 3. The molecule has 0 unspecified atom stereocenters. The molecular formula is C24H26N6O3. The summed E-state index contributed by atoms with van der Waals surface area (Å²) in [5.74, 6) is 2.20. The van der Waals surface area contributed by atoms with Crippen LogP contribution in [0, 0.1) is 0 Å². The van der Waals surface area contributed by atoms with Crippen molar-refractivity contribution in [2.24, 2.45) is 0 Å². The normalized spacial score (nSPS) is 11.3. The maximum absolute atomic E-state index is 12.1. The van der Waals surface area contributed by atoms with Crippen molar-refractivity contribution in [3.63, 3.8) is 0 Å². The van der Waals surface area contributed by atoms with E-state index in [-0.39, 0.29) is 18.1 Å². The van der Waals surface area contributed by atoms with Gasteiger partial charge in [-0.3, -0.25) is 9.89 Å². The fourth-order valence-corrected chi connectivity index (χ4v) is 3.24. The van der Waals surface area contributed by atoms with E-state index in [4.69, 9.17) is 19.4 Å². The molecule has 0 aliphatic rings. The summed E-state index contributed by atoms with van der Waals surface area (Å²) in [5, 5.41) is 13.8. The van der Waals surface area contributed by atoms with Crippen molar-refractivity contribution in [2.45, 2.75) is 26.3 Å². The topological polar surface area (TPSA) is 114 Å². The predicted molar refractivity (Wildman–Crippen MR) is 127 cm³/mol. The van der Waals surface area contributed by atoms with Crippen molar-refractivity contribution in [3.05, 3.63) is 54.9 Å². The summed E-state index contributed by atoms with van der Waals surface area (Å²) in [6.45, 7) is 5.69. The second kappa shape index (κ2) is 9.15. The van der Waals surface area contributed by atoms with Crippen LogP contribution >= 0.6 is 0 Å². The molecule has 0 radical (unpaired) electrons. The third kappa shape index (κ3) is 5.57. The summed E-state index contributed by atoms with van der Waals surface area (Å²) in [5.41, 5.74) is 1.93. The highest BCUT2D eigenvalue weighted by molar-refractivity contribution is 5.93. The van der Waals surface area contributed by atoms with Gasteiger partial charge in [0.05, 0.1) is 24.5 Å². The highest BCUT2D eigenvalue weighted by Crippen LogP contribution is 2.30. The second-order valence-electron chi connectivity index (χ2n) is 8.51. The first-order valence-corrected chi connectivity index (χ1v) is 10.5. The number of aromatic nitrogens is 4. The minimum Gasteiger partial charge on any atom is -0.497 e. The third-order valence-electron chi connectivity index (χ3n) is 4.64. The standard InChI is InChI=1S/C24H26N6O3/c1-24(2,3)30-21(31)14-33-18-7-5-6-15(10-18)22-28-20-11-17(32-4)8-9-19(20)23(29-22)27-16-12-25-26-13-16/h5-13H,14H2,1-4H3,(H,25,26)(H,30,31)(H,27,28,29). The number of methoxy groups -OCH3 is 1. The molecular weight excluding hydrogens is 420 g/mol. The Morgan fingerprint density at radius 2 is 1.94 bits per heavy atom. The number of carbonyl (C=O) groups excluding carboxylic acids is 1. The van der Waals surface area contributed by atoms with E-state index in [2.05, 4.69) is 20.8 Å². The number of carbonyl (C=O) groups is 1. The molecule has 2 heterocycles. The van der Waals surface area contributed by atoms with Crippen LogP contribution in [0.2, 0.25) is 0 Å². The highest BCUT2D eigenvalue weighted by Gasteiger charge is 2.15. The van der Waals surface area contributed by atoms with Gasteiger partial charge in [0, 0.05) is 28.8 Å². The quantitative estimate of drug-likeness (QED) is 0.392. The summed E-state index contributed by atoms with van der Waals surface area (Å²) in [6, 6.07) is 13.0. The average molecular weight is 447 g/mol. The molecule has 3 N–H and O–H groups in total. The zero-order chi connectivity index (χ0) is 23.4. The van der Waals surface area contributed by atoms with Gasteiger partial charge in [0.1, 0.15) is 17.3 Å². The number of benzene rings is 2. The van der Waals surface area contributed by atoms with E-state index in [1.807, 2.05) is 57.2 Å². The first-order valence-electron chi connectivity index (χ1n) is 10.5. The molecule has 9 heteroatoms. The zero-order valence-electron chi connectivity index (χ0n) is 19.0. The fraction of sp³-hybridized carbons (Fsp3) is 0.250. The Balaban J connectivity index is 1.66. The van der Waals surface area contributed by atoms with Crippen LogP contribution in [0.1, 0.15) is 20.8 Å². The Hall–Kier alpha value is -4.14. The van der Waals surface area contributed by atoms with E-state index in [9.17, 15) is 4.79 Å². The number of hydrogen-bond donors (Lipinski definition) is 3. The number of hydrogen-bond acceptors (Lipinski definition) is 7. The first-order chi connectivity index (χ1) is 15.8. The number of rotatable bonds is 7. The largest absolute Gasteiger partial charge is 0.497 e. The SMILES string of the molecule is COc1ccc2c(Nc3cn[nH]c3)nc(-c3cccc(OCC(=O)NC(C)(C)C)c3)nc2c1. The molecule has 0 bridgehead atoms. The molecule has 33 heavy (non-hydrogen) atoms. The number of H-pyrrole nitrogens is 1. The van der Waals surface area contributed by atoms with Gasteiger partial charge in [0.25, 0.3) is 5.91 Å².